The summed E-state index contributed by atoms with van der Waals surface area (Å²) in [6.45, 7) is 3.28. The van der Waals surface area contributed by atoms with Gasteiger partial charge >= 0.3 is 18.9 Å². The molecular formula is C6H11LiNO2-. The van der Waals surface area contributed by atoms with E-state index in [-0.39, 0.29) is 24.3 Å². The number of carbonyl (C=O) groups excluding carboxylic acids is 1. The fourth-order valence-electron chi connectivity index (χ4n) is 0.809. The Bertz CT molecular complexity index is 85.8. The van der Waals surface area contributed by atoms with E-state index in [1.54, 1.807) is 0 Å². The van der Waals surface area contributed by atoms with E-state index in [4.69, 9.17) is 0 Å². The molecule has 0 aromatic heterocycles. The first kappa shape index (κ1) is 12.8. The van der Waals surface area contributed by atoms with Crippen molar-refractivity contribution in [1.82, 2.24) is 4.90 Å². The van der Waals surface area contributed by atoms with Gasteiger partial charge in [0.25, 0.3) is 0 Å². The fourth-order valence-corrected chi connectivity index (χ4v) is 0.809. The van der Waals surface area contributed by atoms with E-state index in [2.05, 4.69) is 4.90 Å². The predicted octanol–water partition coefficient (Wildman–Crippen LogP) is -2.98. The summed E-state index contributed by atoms with van der Waals surface area (Å²) in [6, 6.07) is 0. The molecule has 0 radical (unpaired) electrons. The molecule has 0 spiro atoms. The molecule has 0 atom stereocenters. The molecule has 0 aliphatic carbocycles. The van der Waals surface area contributed by atoms with Crippen molar-refractivity contribution in [3.05, 3.63) is 0 Å². The molecule has 1 heterocycles. The van der Waals surface area contributed by atoms with Crippen LogP contribution in [0, 0.1) is 0 Å². The van der Waals surface area contributed by atoms with E-state index in [1.165, 1.54) is 19.5 Å². The number of rotatable bonds is 3. The van der Waals surface area contributed by atoms with Gasteiger partial charge in [0.15, 0.2) is 0 Å². The van der Waals surface area contributed by atoms with Crippen LogP contribution in [-0.2, 0) is 4.79 Å². The molecule has 1 rings (SSSR count). The third kappa shape index (κ3) is 4.08. The predicted molar refractivity (Wildman–Crippen MR) is 33.3 cm³/mol. The molecule has 0 saturated carbocycles. The van der Waals surface area contributed by atoms with Crippen LogP contribution in [0.4, 0.5) is 0 Å². The minimum absolute atomic E-state index is 0. The van der Waals surface area contributed by atoms with Gasteiger partial charge in [0.1, 0.15) is 0 Å². The molecule has 1 saturated heterocycles. The molecular weight excluding hydrogens is 125 g/mol. The normalized spacial score (nSPS) is 16.0. The van der Waals surface area contributed by atoms with E-state index in [9.17, 15) is 4.79 Å². The second kappa shape index (κ2) is 7.30. The largest absolute Gasteiger partial charge is 1.00 e. The maximum absolute atomic E-state index is 9.70. The Morgan fingerprint density at radius 2 is 2.00 bits per heavy atom. The van der Waals surface area contributed by atoms with Gasteiger partial charge in [-0.15, -0.1) is 6.42 Å². The van der Waals surface area contributed by atoms with Crippen LogP contribution >= 0.6 is 0 Å². The Morgan fingerprint density at radius 3 is 2.30 bits per heavy atom. The summed E-state index contributed by atoms with van der Waals surface area (Å²) in [6.07, 6.45) is 3.76. The topological polar surface area (TPSA) is 50.3 Å². The first-order valence-electron chi connectivity index (χ1n) is 3.01. The minimum atomic E-state index is 0. The summed E-state index contributed by atoms with van der Waals surface area (Å²) in [5.41, 5.74) is 0. The van der Waals surface area contributed by atoms with Crippen LogP contribution in [0.2, 0.25) is 0 Å². The van der Waals surface area contributed by atoms with Gasteiger partial charge in [0.05, 0.1) is 0 Å². The van der Waals surface area contributed by atoms with Gasteiger partial charge in [-0.05, 0) is 26.1 Å². The zero-order chi connectivity index (χ0) is 5.82. The van der Waals surface area contributed by atoms with Crippen LogP contribution in [0.5, 0.6) is 0 Å². The summed E-state index contributed by atoms with van der Waals surface area (Å²) in [7, 11) is 0. The van der Waals surface area contributed by atoms with Crippen LogP contribution in [0.1, 0.15) is 12.8 Å². The zero-order valence-electron chi connectivity index (χ0n) is 6.34. The SMILES string of the molecule is O=[C-]CCN1CCC1.[Li+].[OH-]. The van der Waals surface area contributed by atoms with E-state index in [0.717, 1.165) is 6.54 Å². The van der Waals surface area contributed by atoms with Gasteiger partial charge in [0, 0.05) is 0 Å². The molecule has 0 aromatic carbocycles. The van der Waals surface area contributed by atoms with Crippen LogP contribution < -0.4 is 18.9 Å². The van der Waals surface area contributed by atoms with E-state index in [1.807, 2.05) is 6.29 Å². The van der Waals surface area contributed by atoms with Crippen molar-refractivity contribution in [2.45, 2.75) is 12.8 Å². The minimum Gasteiger partial charge on any atom is -0.870 e. The summed E-state index contributed by atoms with van der Waals surface area (Å²) in [5, 5.41) is 0. The molecule has 1 aliphatic heterocycles. The third-order valence-corrected chi connectivity index (χ3v) is 1.48. The second-order valence-electron chi connectivity index (χ2n) is 2.09. The van der Waals surface area contributed by atoms with Crippen LogP contribution in [0.15, 0.2) is 0 Å². The quantitative estimate of drug-likeness (QED) is 0.307. The monoisotopic (exact) mass is 136 g/mol. The average Bonchev–Trinajstić information content (AvgIpc) is 1.63. The summed E-state index contributed by atoms with van der Waals surface area (Å²) in [5.74, 6) is 0. The van der Waals surface area contributed by atoms with Crippen molar-refractivity contribution < 1.29 is 29.1 Å². The Hall–Kier alpha value is 0.187. The van der Waals surface area contributed by atoms with Crippen molar-refractivity contribution in [3.63, 3.8) is 0 Å². The molecule has 10 heavy (non-hydrogen) atoms. The molecule has 0 bridgehead atoms. The summed E-state index contributed by atoms with van der Waals surface area (Å²) in [4.78, 5) is 12.0. The van der Waals surface area contributed by atoms with Gasteiger partial charge in [-0.2, -0.15) is 0 Å². The summed E-state index contributed by atoms with van der Waals surface area (Å²) < 4.78 is 0. The molecule has 3 nitrogen and oxygen atoms in total. The molecule has 0 unspecified atom stereocenters. The van der Waals surface area contributed by atoms with Crippen LogP contribution in [0.3, 0.4) is 0 Å². The van der Waals surface area contributed by atoms with Crippen LogP contribution in [0.25, 0.3) is 0 Å². The number of likely N-dealkylation sites (tertiary alicyclic amines) is 1. The smallest absolute Gasteiger partial charge is 0.870 e. The van der Waals surface area contributed by atoms with Gasteiger partial charge in [-0.25, -0.2) is 0 Å². The van der Waals surface area contributed by atoms with Crippen molar-refractivity contribution in [2.24, 2.45) is 0 Å². The van der Waals surface area contributed by atoms with Crippen molar-refractivity contribution in [1.29, 1.82) is 0 Å². The van der Waals surface area contributed by atoms with Crippen molar-refractivity contribution in [3.8, 4) is 0 Å². The molecule has 1 N–H and O–H groups in total. The number of nitrogens with zero attached hydrogens (tertiary/aromatic N) is 1. The Kier molecular flexibility index (Phi) is 9.36. The molecule has 0 aromatic rings. The Labute approximate surface area is 73.3 Å². The molecule has 54 valence electrons. The number of hydrogen-bond acceptors (Lipinski definition) is 3. The molecule has 1 aliphatic rings. The third-order valence-electron chi connectivity index (χ3n) is 1.48. The average molecular weight is 136 g/mol. The van der Waals surface area contributed by atoms with Gasteiger partial charge in [-0.3, -0.25) is 6.29 Å². The van der Waals surface area contributed by atoms with Crippen molar-refractivity contribution >= 4 is 6.29 Å². The molecule has 1 fully saturated rings. The second-order valence-corrected chi connectivity index (χ2v) is 2.09. The van der Waals surface area contributed by atoms with Crippen molar-refractivity contribution in [2.75, 3.05) is 19.6 Å². The Balaban J connectivity index is 0. The maximum Gasteiger partial charge on any atom is 1.00 e. The van der Waals surface area contributed by atoms with E-state index < -0.39 is 0 Å². The van der Waals surface area contributed by atoms with Gasteiger partial charge in [-0.1, -0.05) is 0 Å². The fraction of sp³-hybridized carbons (Fsp3) is 0.833. The number of hydrogen-bond donors (Lipinski definition) is 0. The van der Waals surface area contributed by atoms with E-state index >= 15 is 0 Å². The van der Waals surface area contributed by atoms with Crippen LogP contribution in [-0.4, -0.2) is 36.3 Å². The molecule has 0 amide bonds. The molecule has 4 heteroatoms. The first-order chi connectivity index (χ1) is 3.93. The Morgan fingerprint density at radius 1 is 1.40 bits per heavy atom. The standard InChI is InChI=1S/C6H10NO.Li.H2O/c8-6-2-5-7-3-1-4-7;;/h1-5H2;;1H2/q-1;+1;/p-1. The summed E-state index contributed by atoms with van der Waals surface area (Å²) >= 11 is 0. The van der Waals surface area contributed by atoms with Gasteiger partial charge < -0.3 is 15.2 Å². The first-order valence-corrected chi connectivity index (χ1v) is 3.01. The van der Waals surface area contributed by atoms with E-state index in [0.29, 0.717) is 6.42 Å². The van der Waals surface area contributed by atoms with Gasteiger partial charge in [0.2, 0.25) is 0 Å². The maximum atomic E-state index is 9.70. The zero-order valence-corrected chi connectivity index (χ0v) is 6.34.